The lowest BCUT2D eigenvalue weighted by atomic mass is 10.0. The third kappa shape index (κ3) is 8.97. The Balaban J connectivity index is 3.85. The van der Waals surface area contributed by atoms with Gasteiger partial charge < -0.3 is 5.73 Å². The summed E-state index contributed by atoms with van der Waals surface area (Å²) in [5, 5.41) is 0. The molecule has 0 saturated carbocycles. The molecule has 0 aliphatic carbocycles. The van der Waals surface area contributed by atoms with Gasteiger partial charge in [-0.3, -0.25) is 4.90 Å². The Hall–Kier alpha value is -0.290. The van der Waals surface area contributed by atoms with E-state index in [9.17, 15) is 13.2 Å². The molecule has 5 heteroatoms. The molecule has 0 rings (SSSR count). The van der Waals surface area contributed by atoms with Gasteiger partial charge in [-0.05, 0) is 25.3 Å². The lowest BCUT2D eigenvalue weighted by Gasteiger charge is -2.23. The van der Waals surface area contributed by atoms with Crippen molar-refractivity contribution in [1.82, 2.24) is 4.90 Å². The Bertz CT molecular complexity index is 171. The van der Waals surface area contributed by atoms with Crippen LogP contribution in [0, 0.1) is 5.92 Å². The Kier molecular flexibility index (Phi) is 7.76. The maximum absolute atomic E-state index is 12.2. The van der Waals surface area contributed by atoms with Crippen LogP contribution in [0.1, 0.15) is 33.1 Å². The number of halogens is 3. The minimum absolute atomic E-state index is 0.277. The third-order valence-corrected chi connectivity index (χ3v) is 2.72. The SMILES string of the molecule is CCC(C)CCCN(CCN)CC(F)(F)F. The number of rotatable bonds is 8. The van der Waals surface area contributed by atoms with E-state index in [0.29, 0.717) is 19.0 Å². The monoisotopic (exact) mass is 240 g/mol. The van der Waals surface area contributed by atoms with E-state index in [2.05, 4.69) is 13.8 Å². The number of hydrogen-bond donors (Lipinski definition) is 1. The smallest absolute Gasteiger partial charge is 0.329 e. The van der Waals surface area contributed by atoms with Crippen molar-refractivity contribution >= 4 is 0 Å². The lowest BCUT2D eigenvalue weighted by Crippen LogP contribution is -2.38. The molecule has 0 amide bonds. The van der Waals surface area contributed by atoms with E-state index in [1.54, 1.807) is 0 Å². The van der Waals surface area contributed by atoms with Crippen LogP contribution in [0.2, 0.25) is 0 Å². The Morgan fingerprint density at radius 3 is 2.31 bits per heavy atom. The first kappa shape index (κ1) is 15.7. The van der Waals surface area contributed by atoms with E-state index in [1.165, 1.54) is 4.90 Å². The van der Waals surface area contributed by atoms with Crippen molar-refractivity contribution in [2.24, 2.45) is 11.7 Å². The highest BCUT2D eigenvalue weighted by atomic mass is 19.4. The summed E-state index contributed by atoms with van der Waals surface area (Å²) >= 11 is 0. The standard InChI is InChI=1S/C11H23F3N2/c1-3-10(2)5-4-7-16(8-6-15)9-11(12,13)14/h10H,3-9,15H2,1-2H3. The second kappa shape index (κ2) is 7.90. The predicted molar refractivity (Wildman–Crippen MR) is 60.2 cm³/mol. The molecule has 0 aromatic carbocycles. The molecule has 98 valence electrons. The van der Waals surface area contributed by atoms with Gasteiger partial charge in [0.2, 0.25) is 0 Å². The van der Waals surface area contributed by atoms with E-state index < -0.39 is 12.7 Å². The zero-order valence-electron chi connectivity index (χ0n) is 10.2. The molecule has 1 atom stereocenters. The van der Waals surface area contributed by atoms with E-state index in [-0.39, 0.29) is 6.54 Å². The summed E-state index contributed by atoms with van der Waals surface area (Å²) in [5.74, 6) is 0.589. The summed E-state index contributed by atoms with van der Waals surface area (Å²) in [6.45, 7) is 4.46. The topological polar surface area (TPSA) is 29.3 Å². The summed E-state index contributed by atoms with van der Waals surface area (Å²) in [7, 11) is 0. The fourth-order valence-corrected chi connectivity index (χ4v) is 1.57. The average Bonchev–Trinajstić information content (AvgIpc) is 2.15. The minimum atomic E-state index is -4.12. The van der Waals surface area contributed by atoms with Crippen LogP contribution in [0.25, 0.3) is 0 Å². The van der Waals surface area contributed by atoms with Crippen molar-refractivity contribution in [2.45, 2.75) is 39.3 Å². The first-order valence-corrected chi connectivity index (χ1v) is 5.88. The molecular formula is C11H23F3N2. The van der Waals surface area contributed by atoms with Crippen molar-refractivity contribution in [3.8, 4) is 0 Å². The fraction of sp³-hybridized carbons (Fsp3) is 1.00. The average molecular weight is 240 g/mol. The van der Waals surface area contributed by atoms with Gasteiger partial charge in [0.15, 0.2) is 0 Å². The van der Waals surface area contributed by atoms with Crippen molar-refractivity contribution in [3.63, 3.8) is 0 Å². The molecule has 2 nitrogen and oxygen atoms in total. The summed E-state index contributed by atoms with van der Waals surface area (Å²) < 4.78 is 36.6. The summed E-state index contributed by atoms with van der Waals surface area (Å²) in [6, 6.07) is 0. The van der Waals surface area contributed by atoms with Gasteiger partial charge in [0, 0.05) is 13.1 Å². The molecule has 0 saturated heterocycles. The molecule has 0 aromatic heterocycles. The predicted octanol–water partition coefficient (Wildman–Crippen LogP) is 2.64. The van der Waals surface area contributed by atoms with Crippen molar-refractivity contribution in [3.05, 3.63) is 0 Å². The number of alkyl halides is 3. The molecule has 0 radical (unpaired) electrons. The zero-order chi connectivity index (χ0) is 12.6. The third-order valence-electron chi connectivity index (χ3n) is 2.72. The van der Waals surface area contributed by atoms with E-state index in [4.69, 9.17) is 5.73 Å². The Morgan fingerprint density at radius 2 is 1.88 bits per heavy atom. The van der Waals surface area contributed by atoms with Gasteiger partial charge in [0.05, 0.1) is 6.54 Å². The molecule has 1 unspecified atom stereocenters. The summed E-state index contributed by atoms with van der Waals surface area (Å²) in [4.78, 5) is 1.39. The van der Waals surface area contributed by atoms with Gasteiger partial charge in [-0.1, -0.05) is 20.3 Å². The summed E-state index contributed by atoms with van der Waals surface area (Å²) in [5.41, 5.74) is 5.30. The number of nitrogens with two attached hydrogens (primary N) is 1. The second-order valence-corrected chi connectivity index (χ2v) is 4.34. The highest BCUT2D eigenvalue weighted by molar-refractivity contribution is 4.64. The van der Waals surface area contributed by atoms with Gasteiger partial charge in [-0.15, -0.1) is 0 Å². The van der Waals surface area contributed by atoms with Crippen LogP contribution in [0.15, 0.2) is 0 Å². The van der Waals surface area contributed by atoms with Crippen molar-refractivity contribution < 1.29 is 13.2 Å². The van der Waals surface area contributed by atoms with Gasteiger partial charge in [-0.2, -0.15) is 13.2 Å². The van der Waals surface area contributed by atoms with Gasteiger partial charge >= 0.3 is 6.18 Å². The van der Waals surface area contributed by atoms with Gasteiger partial charge in [0.25, 0.3) is 0 Å². The largest absolute Gasteiger partial charge is 0.401 e. The fourth-order valence-electron chi connectivity index (χ4n) is 1.57. The first-order valence-electron chi connectivity index (χ1n) is 5.88. The van der Waals surface area contributed by atoms with E-state index in [1.807, 2.05) is 0 Å². The van der Waals surface area contributed by atoms with E-state index in [0.717, 1.165) is 19.3 Å². The molecule has 0 heterocycles. The van der Waals surface area contributed by atoms with Gasteiger partial charge in [0.1, 0.15) is 0 Å². The van der Waals surface area contributed by atoms with Crippen molar-refractivity contribution in [1.29, 1.82) is 0 Å². The van der Waals surface area contributed by atoms with E-state index >= 15 is 0 Å². The molecule has 0 aliphatic heterocycles. The first-order chi connectivity index (χ1) is 7.39. The number of nitrogens with zero attached hydrogens (tertiary/aromatic N) is 1. The zero-order valence-corrected chi connectivity index (χ0v) is 10.2. The Morgan fingerprint density at radius 1 is 1.25 bits per heavy atom. The molecule has 0 spiro atoms. The maximum atomic E-state index is 12.2. The van der Waals surface area contributed by atoms with Crippen LogP contribution < -0.4 is 5.73 Å². The quantitative estimate of drug-likeness (QED) is 0.706. The maximum Gasteiger partial charge on any atom is 0.401 e. The van der Waals surface area contributed by atoms with Crippen LogP contribution in [0.4, 0.5) is 13.2 Å². The Labute approximate surface area is 96.0 Å². The molecule has 16 heavy (non-hydrogen) atoms. The highest BCUT2D eigenvalue weighted by Gasteiger charge is 2.30. The minimum Gasteiger partial charge on any atom is -0.329 e. The second-order valence-electron chi connectivity index (χ2n) is 4.34. The van der Waals surface area contributed by atoms with Crippen LogP contribution in [-0.4, -0.2) is 37.3 Å². The normalized spacial score (nSPS) is 14.4. The van der Waals surface area contributed by atoms with Crippen molar-refractivity contribution in [2.75, 3.05) is 26.2 Å². The molecule has 0 bridgehead atoms. The van der Waals surface area contributed by atoms with Crippen LogP contribution in [0.3, 0.4) is 0 Å². The molecule has 2 N–H and O–H groups in total. The molecule has 0 aromatic rings. The number of hydrogen-bond acceptors (Lipinski definition) is 2. The molecular weight excluding hydrogens is 217 g/mol. The molecule has 0 aliphatic rings. The molecule has 0 fully saturated rings. The lowest BCUT2D eigenvalue weighted by molar-refractivity contribution is -0.145. The van der Waals surface area contributed by atoms with Gasteiger partial charge in [-0.25, -0.2) is 0 Å². The van der Waals surface area contributed by atoms with Crippen LogP contribution in [-0.2, 0) is 0 Å². The highest BCUT2D eigenvalue weighted by Crippen LogP contribution is 2.17. The van der Waals surface area contributed by atoms with Crippen LogP contribution >= 0.6 is 0 Å². The van der Waals surface area contributed by atoms with Crippen LogP contribution in [0.5, 0.6) is 0 Å². The summed E-state index contributed by atoms with van der Waals surface area (Å²) in [6.07, 6.45) is -1.25.